The van der Waals surface area contributed by atoms with Crippen LogP contribution in [0.15, 0.2) is 0 Å². The van der Waals surface area contributed by atoms with Gasteiger partial charge in [0, 0.05) is 6.04 Å². The average molecular weight is 199 g/mol. The zero-order valence-electron chi connectivity index (χ0n) is 9.71. The number of hydrogen-bond acceptors (Lipinski definition) is 2. The van der Waals surface area contributed by atoms with Crippen molar-refractivity contribution < 1.29 is 5.11 Å². The molecule has 0 bridgehead atoms. The van der Waals surface area contributed by atoms with E-state index in [1.54, 1.807) is 0 Å². The van der Waals surface area contributed by atoms with Crippen molar-refractivity contribution in [2.45, 2.75) is 64.5 Å². The largest absolute Gasteiger partial charge is 0.391 e. The number of unbranched alkanes of at least 4 members (excludes halogenated alkanes) is 1. The van der Waals surface area contributed by atoms with Gasteiger partial charge in [0.15, 0.2) is 0 Å². The lowest BCUT2D eigenvalue weighted by Crippen LogP contribution is -2.45. The van der Waals surface area contributed by atoms with Crippen LogP contribution in [0, 0.1) is 0 Å². The summed E-state index contributed by atoms with van der Waals surface area (Å²) in [5.74, 6) is 0. The molecule has 14 heavy (non-hydrogen) atoms. The first-order chi connectivity index (χ1) is 6.79. The maximum absolute atomic E-state index is 9.93. The van der Waals surface area contributed by atoms with E-state index in [9.17, 15) is 5.11 Å². The fourth-order valence-electron chi connectivity index (χ4n) is 2.44. The molecule has 0 amide bonds. The molecule has 0 radical (unpaired) electrons. The monoisotopic (exact) mass is 199 g/mol. The summed E-state index contributed by atoms with van der Waals surface area (Å²) in [5, 5.41) is 9.93. The molecule has 1 aliphatic carbocycles. The third-order valence-corrected chi connectivity index (χ3v) is 3.37. The van der Waals surface area contributed by atoms with E-state index in [1.807, 2.05) is 0 Å². The lowest BCUT2D eigenvalue weighted by atomic mass is 9.91. The van der Waals surface area contributed by atoms with E-state index < -0.39 is 0 Å². The molecule has 84 valence electrons. The summed E-state index contributed by atoms with van der Waals surface area (Å²) in [5.41, 5.74) is 0. The fraction of sp³-hybridized carbons (Fsp3) is 1.00. The normalized spacial score (nSPS) is 28.3. The quantitative estimate of drug-likeness (QED) is 0.735. The van der Waals surface area contributed by atoms with Crippen molar-refractivity contribution in [1.29, 1.82) is 0 Å². The van der Waals surface area contributed by atoms with E-state index in [1.165, 1.54) is 32.1 Å². The van der Waals surface area contributed by atoms with Crippen molar-refractivity contribution in [2.75, 3.05) is 13.1 Å². The number of likely N-dealkylation sites (N-methyl/N-ethyl adjacent to an activating group) is 1. The Kier molecular flexibility index (Phi) is 5.49. The van der Waals surface area contributed by atoms with Crippen molar-refractivity contribution in [2.24, 2.45) is 0 Å². The standard InChI is InChI=1S/C12H25NO/c1-3-5-10-13(4-2)11-8-6-7-9-12(11)14/h11-12,14H,3-10H2,1-2H3/t11-,12-/m0/s1. The molecule has 1 saturated carbocycles. The molecule has 0 heterocycles. The van der Waals surface area contributed by atoms with Gasteiger partial charge in [-0.2, -0.15) is 0 Å². The molecule has 0 aromatic carbocycles. The van der Waals surface area contributed by atoms with Gasteiger partial charge in [0.05, 0.1) is 6.10 Å². The molecule has 0 aromatic rings. The Hall–Kier alpha value is -0.0800. The van der Waals surface area contributed by atoms with Crippen LogP contribution >= 0.6 is 0 Å². The predicted molar refractivity (Wildman–Crippen MR) is 60.4 cm³/mol. The summed E-state index contributed by atoms with van der Waals surface area (Å²) in [6.45, 7) is 6.68. The first-order valence-corrected chi connectivity index (χ1v) is 6.21. The number of nitrogens with zero attached hydrogens (tertiary/aromatic N) is 1. The van der Waals surface area contributed by atoms with E-state index >= 15 is 0 Å². The van der Waals surface area contributed by atoms with Crippen molar-refractivity contribution >= 4 is 0 Å². The van der Waals surface area contributed by atoms with Crippen LogP contribution in [0.2, 0.25) is 0 Å². The van der Waals surface area contributed by atoms with Gasteiger partial charge in [-0.15, -0.1) is 0 Å². The van der Waals surface area contributed by atoms with Crippen LogP contribution in [-0.2, 0) is 0 Å². The maximum atomic E-state index is 9.93. The maximum Gasteiger partial charge on any atom is 0.0695 e. The van der Waals surface area contributed by atoms with Crippen molar-refractivity contribution in [3.63, 3.8) is 0 Å². The Bertz CT molecular complexity index is 149. The van der Waals surface area contributed by atoms with Crippen LogP contribution in [0.25, 0.3) is 0 Å². The van der Waals surface area contributed by atoms with Crippen molar-refractivity contribution in [3.8, 4) is 0 Å². The lowest BCUT2D eigenvalue weighted by molar-refractivity contribution is 0.0216. The zero-order valence-corrected chi connectivity index (χ0v) is 9.71. The molecule has 1 N–H and O–H groups in total. The topological polar surface area (TPSA) is 23.5 Å². The van der Waals surface area contributed by atoms with Gasteiger partial charge in [0.1, 0.15) is 0 Å². The van der Waals surface area contributed by atoms with Gasteiger partial charge < -0.3 is 5.11 Å². The number of aliphatic hydroxyl groups excluding tert-OH is 1. The second-order valence-corrected chi connectivity index (χ2v) is 4.40. The van der Waals surface area contributed by atoms with Crippen LogP contribution in [0.1, 0.15) is 52.4 Å². The lowest BCUT2D eigenvalue weighted by Gasteiger charge is -2.37. The summed E-state index contributed by atoms with van der Waals surface area (Å²) >= 11 is 0. The Morgan fingerprint density at radius 2 is 1.93 bits per heavy atom. The summed E-state index contributed by atoms with van der Waals surface area (Å²) in [6, 6.07) is 0.445. The summed E-state index contributed by atoms with van der Waals surface area (Å²) in [6.07, 6.45) is 7.15. The van der Waals surface area contributed by atoms with E-state index in [0.29, 0.717) is 6.04 Å². The highest BCUT2D eigenvalue weighted by Gasteiger charge is 2.27. The molecule has 0 aliphatic heterocycles. The summed E-state index contributed by atoms with van der Waals surface area (Å²) in [7, 11) is 0. The molecule has 2 atom stereocenters. The van der Waals surface area contributed by atoms with E-state index in [0.717, 1.165) is 19.5 Å². The van der Waals surface area contributed by atoms with Gasteiger partial charge in [-0.3, -0.25) is 4.90 Å². The molecular formula is C12H25NO. The highest BCUT2D eigenvalue weighted by atomic mass is 16.3. The van der Waals surface area contributed by atoms with Crippen molar-refractivity contribution in [3.05, 3.63) is 0 Å². The molecule has 2 nitrogen and oxygen atoms in total. The van der Waals surface area contributed by atoms with Crippen LogP contribution in [0.5, 0.6) is 0 Å². The Labute approximate surface area is 88.3 Å². The first kappa shape index (κ1) is 12.0. The molecular weight excluding hydrogens is 174 g/mol. The molecule has 1 fully saturated rings. The highest BCUT2D eigenvalue weighted by Crippen LogP contribution is 2.23. The molecule has 1 aliphatic rings. The van der Waals surface area contributed by atoms with Crippen LogP contribution in [-0.4, -0.2) is 35.2 Å². The van der Waals surface area contributed by atoms with Crippen molar-refractivity contribution in [1.82, 2.24) is 4.90 Å². The first-order valence-electron chi connectivity index (χ1n) is 6.21. The fourth-order valence-corrected chi connectivity index (χ4v) is 2.44. The minimum Gasteiger partial charge on any atom is -0.391 e. The Balaban J connectivity index is 2.40. The van der Waals surface area contributed by atoms with Crippen LogP contribution in [0.4, 0.5) is 0 Å². The molecule has 0 spiro atoms. The third kappa shape index (κ3) is 3.25. The molecule has 2 heteroatoms. The zero-order chi connectivity index (χ0) is 10.4. The number of rotatable bonds is 5. The minimum absolute atomic E-state index is 0.0689. The van der Waals surface area contributed by atoms with E-state index in [-0.39, 0.29) is 6.10 Å². The van der Waals surface area contributed by atoms with Gasteiger partial charge in [0.2, 0.25) is 0 Å². The number of aliphatic hydroxyl groups is 1. The van der Waals surface area contributed by atoms with Gasteiger partial charge in [-0.25, -0.2) is 0 Å². The third-order valence-electron chi connectivity index (χ3n) is 3.37. The highest BCUT2D eigenvalue weighted by molar-refractivity contribution is 4.82. The van der Waals surface area contributed by atoms with E-state index in [2.05, 4.69) is 18.7 Å². The second kappa shape index (κ2) is 6.41. The summed E-state index contributed by atoms with van der Waals surface area (Å²) in [4.78, 5) is 2.47. The average Bonchev–Trinajstić information content (AvgIpc) is 2.21. The smallest absolute Gasteiger partial charge is 0.0695 e. The second-order valence-electron chi connectivity index (χ2n) is 4.40. The Morgan fingerprint density at radius 1 is 1.21 bits per heavy atom. The summed E-state index contributed by atoms with van der Waals surface area (Å²) < 4.78 is 0. The Morgan fingerprint density at radius 3 is 2.50 bits per heavy atom. The SMILES string of the molecule is CCCCN(CC)[C@H]1CCCC[C@@H]1O. The van der Waals surface area contributed by atoms with Gasteiger partial charge in [-0.05, 0) is 32.4 Å². The minimum atomic E-state index is -0.0689. The molecule has 0 unspecified atom stereocenters. The van der Waals surface area contributed by atoms with Gasteiger partial charge in [-0.1, -0.05) is 33.1 Å². The van der Waals surface area contributed by atoms with Gasteiger partial charge >= 0.3 is 0 Å². The molecule has 0 aromatic heterocycles. The predicted octanol–water partition coefficient (Wildman–Crippen LogP) is 2.41. The molecule has 1 rings (SSSR count). The molecule has 0 saturated heterocycles. The van der Waals surface area contributed by atoms with Crippen LogP contribution < -0.4 is 0 Å². The van der Waals surface area contributed by atoms with Crippen LogP contribution in [0.3, 0.4) is 0 Å². The number of hydrogen-bond donors (Lipinski definition) is 1. The van der Waals surface area contributed by atoms with Gasteiger partial charge in [0.25, 0.3) is 0 Å². The van der Waals surface area contributed by atoms with E-state index in [4.69, 9.17) is 0 Å².